The summed E-state index contributed by atoms with van der Waals surface area (Å²) < 4.78 is 0. The van der Waals surface area contributed by atoms with E-state index in [0.717, 1.165) is 38.4 Å². The lowest BCUT2D eigenvalue weighted by atomic mass is 10.3. The van der Waals surface area contributed by atoms with Gasteiger partial charge in [-0.3, -0.25) is 4.99 Å². The lowest BCUT2D eigenvalue weighted by Crippen LogP contribution is -2.38. The number of thiazole rings is 1. The van der Waals surface area contributed by atoms with Gasteiger partial charge in [-0.2, -0.15) is 0 Å². The molecule has 0 unspecified atom stereocenters. The molecular formula is C16H30IN5S. The topological polar surface area (TPSA) is 52.6 Å². The molecule has 0 aliphatic carbocycles. The number of guanidine groups is 1. The molecule has 0 spiro atoms. The molecule has 0 bridgehead atoms. The van der Waals surface area contributed by atoms with E-state index in [1.54, 1.807) is 11.3 Å². The third kappa shape index (κ3) is 7.24. The van der Waals surface area contributed by atoms with Gasteiger partial charge in [0.05, 0.1) is 5.69 Å². The monoisotopic (exact) mass is 451 g/mol. The van der Waals surface area contributed by atoms with E-state index in [2.05, 4.69) is 39.8 Å². The Morgan fingerprint density at radius 3 is 2.78 bits per heavy atom. The molecule has 0 aromatic carbocycles. The summed E-state index contributed by atoms with van der Waals surface area (Å²) in [6, 6.07) is 0. The molecule has 1 aliphatic heterocycles. The van der Waals surface area contributed by atoms with Crippen molar-refractivity contribution in [2.24, 2.45) is 4.99 Å². The highest BCUT2D eigenvalue weighted by Gasteiger charge is 2.15. The molecule has 1 aliphatic rings. The number of hydrogen-bond donors (Lipinski definition) is 2. The van der Waals surface area contributed by atoms with Crippen molar-refractivity contribution in [3.05, 3.63) is 11.1 Å². The van der Waals surface area contributed by atoms with Crippen LogP contribution in [0, 0.1) is 0 Å². The van der Waals surface area contributed by atoms with Gasteiger partial charge in [0.1, 0.15) is 0 Å². The zero-order chi connectivity index (χ0) is 15.6. The van der Waals surface area contributed by atoms with Gasteiger partial charge in [0.15, 0.2) is 11.1 Å². The molecule has 0 atom stereocenters. The second-order valence-electron chi connectivity index (χ2n) is 5.61. The highest BCUT2D eigenvalue weighted by molar-refractivity contribution is 14.0. The van der Waals surface area contributed by atoms with Crippen molar-refractivity contribution in [2.75, 3.05) is 37.6 Å². The van der Waals surface area contributed by atoms with E-state index in [0.29, 0.717) is 0 Å². The van der Waals surface area contributed by atoms with Crippen molar-refractivity contribution in [1.82, 2.24) is 15.6 Å². The van der Waals surface area contributed by atoms with Gasteiger partial charge in [-0.1, -0.05) is 13.3 Å². The van der Waals surface area contributed by atoms with Crippen molar-refractivity contribution in [3.8, 4) is 0 Å². The smallest absolute Gasteiger partial charge is 0.191 e. The molecule has 1 aromatic heterocycles. The first-order chi connectivity index (χ1) is 10.8. The maximum atomic E-state index is 4.75. The zero-order valence-electron chi connectivity index (χ0n) is 14.3. The number of aliphatic imine (C=N–C) groups is 1. The zero-order valence-corrected chi connectivity index (χ0v) is 17.5. The fourth-order valence-electron chi connectivity index (χ4n) is 2.46. The number of nitrogens with one attached hydrogen (secondary N) is 2. The Morgan fingerprint density at radius 2 is 2.09 bits per heavy atom. The number of anilines is 1. The van der Waals surface area contributed by atoms with E-state index in [1.165, 1.54) is 43.2 Å². The lowest BCUT2D eigenvalue weighted by Gasteiger charge is -2.12. The molecule has 1 saturated heterocycles. The Hall–Kier alpha value is -0.570. The van der Waals surface area contributed by atoms with Crippen LogP contribution < -0.4 is 15.5 Å². The summed E-state index contributed by atoms with van der Waals surface area (Å²) in [5.74, 6) is 0.922. The molecule has 23 heavy (non-hydrogen) atoms. The summed E-state index contributed by atoms with van der Waals surface area (Å²) in [5.41, 5.74) is 1.18. The van der Waals surface area contributed by atoms with Crippen LogP contribution in [-0.4, -0.2) is 43.7 Å². The van der Waals surface area contributed by atoms with Crippen LogP contribution in [0.3, 0.4) is 0 Å². The molecule has 132 valence electrons. The van der Waals surface area contributed by atoms with E-state index >= 15 is 0 Å². The predicted molar refractivity (Wildman–Crippen MR) is 112 cm³/mol. The third-order valence-electron chi connectivity index (χ3n) is 3.72. The number of halogens is 1. The molecule has 2 heterocycles. The van der Waals surface area contributed by atoms with Gasteiger partial charge < -0.3 is 15.5 Å². The molecule has 1 fully saturated rings. The third-order valence-corrected chi connectivity index (χ3v) is 4.67. The average Bonchev–Trinajstić information content (AvgIpc) is 3.18. The van der Waals surface area contributed by atoms with Crippen LogP contribution in [0.4, 0.5) is 5.13 Å². The number of aromatic nitrogens is 1. The molecule has 2 N–H and O–H groups in total. The first-order valence-electron chi connectivity index (χ1n) is 8.55. The second kappa shape index (κ2) is 11.9. The fraction of sp³-hybridized carbons (Fsp3) is 0.750. The molecule has 0 radical (unpaired) electrons. The Morgan fingerprint density at radius 1 is 1.30 bits per heavy atom. The summed E-state index contributed by atoms with van der Waals surface area (Å²) in [6.45, 7) is 9.28. The van der Waals surface area contributed by atoms with Gasteiger partial charge in [0.25, 0.3) is 0 Å². The molecular weight excluding hydrogens is 421 g/mol. The van der Waals surface area contributed by atoms with Crippen LogP contribution in [0.25, 0.3) is 0 Å². The lowest BCUT2D eigenvalue weighted by molar-refractivity contribution is 0.763. The van der Waals surface area contributed by atoms with Crippen molar-refractivity contribution < 1.29 is 0 Å². The standard InChI is InChI=1S/C16H29N5S.HI/c1-3-5-9-18-15(17-4-2)19-10-8-14-13-22-16(20-14)21-11-6-7-12-21;/h13H,3-12H2,1-2H3,(H2,17,18,19);1H. The van der Waals surface area contributed by atoms with Crippen molar-refractivity contribution in [3.63, 3.8) is 0 Å². The second-order valence-corrected chi connectivity index (χ2v) is 6.44. The van der Waals surface area contributed by atoms with E-state index in [9.17, 15) is 0 Å². The number of rotatable bonds is 8. The van der Waals surface area contributed by atoms with Crippen LogP contribution in [0.15, 0.2) is 10.4 Å². The van der Waals surface area contributed by atoms with Crippen LogP contribution in [0.1, 0.15) is 45.2 Å². The Kier molecular flexibility index (Phi) is 10.6. The quantitative estimate of drug-likeness (QED) is 0.276. The largest absolute Gasteiger partial charge is 0.357 e. The summed E-state index contributed by atoms with van der Waals surface area (Å²) in [4.78, 5) is 11.7. The maximum Gasteiger partial charge on any atom is 0.191 e. The van der Waals surface area contributed by atoms with Gasteiger partial charge in [0, 0.05) is 44.5 Å². The Labute approximate surface area is 161 Å². The van der Waals surface area contributed by atoms with Crippen molar-refractivity contribution in [2.45, 2.75) is 46.0 Å². The fourth-order valence-corrected chi connectivity index (χ4v) is 3.38. The summed E-state index contributed by atoms with van der Waals surface area (Å²) in [6.07, 6.45) is 5.87. The number of unbranched alkanes of at least 4 members (excludes halogenated alkanes) is 1. The minimum absolute atomic E-state index is 0. The van der Waals surface area contributed by atoms with Crippen LogP contribution >= 0.6 is 35.3 Å². The minimum Gasteiger partial charge on any atom is -0.357 e. The van der Waals surface area contributed by atoms with Crippen molar-refractivity contribution in [1.29, 1.82) is 0 Å². The Bertz CT molecular complexity index is 457. The molecule has 0 saturated carbocycles. The maximum absolute atomic E-state index is 4.75. The first kappa shape index (κ1) is 20.5. The summed E-state index contributed by atoms with van der Waals surface area (Å²) in [7, 11) is 0. The van der Waals surface area contributed by atoms with Crippen molar-refractivity contribution >= 4 is 46.4 Å². The van der Waals surface area contributed by atoms with Crippen LogP contribution in [0.2, 0.25) is 0 Å². The summed E-state index contributed by atoms with van der Waals surface area (Å²) in [5, 5.41) is 10.1. The molecule has 7 heteroatoms. The number of hydrogen-bond acceptors (Lipinski definition) is 4. The van der Waals surface area contributed by atoms with Gasteiger partial charge in [-0.15, -0.1) is 35.3 Å². The van der Waals surface area contributed by atoms with E-state index < -0.39 is 0 Å². The highest BCUT2D eigenvalue weighted by atomic mass is 127. The summed E-state index contributed by atoms with van der Waals surface area (Å²) >= 11 is 1.77. The first-order valence-corrected chi connectivity index (χ1v) is 9.43. The molecule has 0 amide bonds. The number of nitrogens with zero attached hydrogens (tertiary/aromatic N) is 3. The molecule has 1 aromatic rings. The van der Waals surface area contributed by atoms with Gasteiger partial charge in [-0.25, -0.2) is 4.98 Å². The van der Waals surface area contributed by atoms with E-state index in [-0.39, 0.29) is 24.0 Å². The minimum atomic E-state index is 0. The van der Waals surface area contributed by atoms with Gasteiger partial charge >= 0.3 is 0 Å². The average molecular weight is 451 g/mol. The predicted octanol–water partition coefficient (Wildman–Crippen LogP) is 3.26. The van der Waals surface area contributed by atoms with Gasteiger partial charge in [-0.05, 0) is 26.2 Å². The van der Waals surface area contributed by atoms with E-state index in [1.807, 2.05) is 0 Å². The van der Waals surface area contributed by atoms with E-state index in [4.69, 9.17) is 4.98 Å². The SMILES string of the molecule is CCCCN=C(NCC)NCCc1csc(N2CCCC2)n1.I. The highest BCUT2D eigenvalue weighted by Crippen LogP contribution is 2.24. The normalized spacial score (nSPS) is 14.7. The molecule has 2 rings (SSSR count). The molecule has 5 nitrogen and oxygen atoms in total. The van der Waals surface area contributed by atoms with Crippen LogP contribution in [-0.2, 0) is 6.42 Å². The van der Waals surface area contributed by atoms with Crippen LogP contribution in [0.5, 0.6) is 0 Å². The Balaban J connectivity index is 0.00000264. The van der Waals surface area contributed by atoms with Gasteiger partial charge in [0.2, 0.25) is 0 Å².